The van der Waals surface area contributed by atoms with Crippen molar-refractivity contribution in [3.63, 3.8) is 0 Å². The molecule has 3 rings (SSSR count). The van der Waals surface area contributed by atoms with Crippen molar-refractivity contribution in [3.05, 3.63) is 47.7 Å². The van der Waals surface area contributed by atoms with E-state index in [0.717, 1.165) is 22.0 Å². The molecule has 0 bridgehead atoms. The zero-order valence-electron chi connectivity index (χ0n) is 30.9. The maximum Gasteiger partial charge on any atom is 0.408 e. The first-order chi connectivity index (χ1) is 23.2. The van der Waals surface area contributed by atoms with Crippen LogP contribution in [-0.2, 0) is 33.4 Å². The number of benzene rings is 1. The molecule has 1 aliphatic rings. The van der Waals surface area contributed by atoms with Gasteiger partial charge in [0.25, 0.3) is 5.91 Å². The van der Waals surface area contributed by atoms with Crippen LogP contribution >= 0.6 is 0 Å². The van der Waals surface area contributed by atoms with Gasteiger partial charge in [-0.2, -0.15) is 0 Å². The maximum atomic E-state index is 13.3. The van der Waals surface area contributed by atoms with Crippen LogP contribution in [0.5, 0.6) is 0 Å². The SMILES string of the molecule is CC(C)C(NC(=O)OC(C)(C)C)C(=O)N[C@@H](C)C(=O)N1CCC[C@@H](C(=O)O[C@H](C)c2ccc3ncc(/C=C/CC(=O)OC(C)(C)C)cc3c2)N1. The van der Waals surface area contributed by atoms with Gasteiger partial charge in [-0.05, 0) is 103 Å². The molecule has 0 spiro atoms. The topological polar surface area (TPSA) is 165 Å². The van der Waals surface area contributed by atoms with E-state index in [1.165, 1.54) is 5.01 Å². The molecule has 0 aliphatic carbocycles. The highest BCUT2D eigenvalue weighted by atomic mass is 16.6. The largest absolute Gasteiger partial charge is 0.460 e. The van der Waals surface area contributed by atoms with Gasteiger partial charge in [0.05, 0.1) is 11.9 Å². The summed E-state index contributed by atoms with van der Waals surface area (Å²) in [7, 11) is 0. The third kappa shape index (κ3) is 12.4. The highest BCUT2D eigenvalue weighted by Crippen LogP contribution is 2.24. The van der Waals surface area contributed by atoms with Crippen LogP contribution in [0.1, 0.15) is 106 Å². The molecule has 1 aromatic carbocycles. The Balaban J connectivity index is 1.59. The van der Waals surface area contributed by atoms with Gasteiger partial charge in [-0.15, -0.1) is 0 Å². The van der Waals surface area contributed by atoms with E-state index in [1.807, 2.05) is 51.1 Å². The van der Waals surface area contributed by atoms with Crippen molar-refractivity contribution in [2.45, 2.75) is 124 Å². The Morgan fingerprint density at radius 3 is 2.30 bits per heavy atom. The molecule has 274 valence electrons. The second-order valence-corrected chi connectivity index (χ2v) is 14.9. The number of carbonyl (C=O) groups excluding carboxylic acids is 5. The number of rotatable bonds is 11. The first-order valence-corrected chi connectivity index (χ1v) is 17.1. The number of nitrogens with one attached hydrogen (secondary N) is 3. The fourth-order valence-electron chi connectivity index (χ4n) is 5.19. The van der Waals surface area contributed by atoms with Gasteiger partial charge in [0.1, 0.15) is 35.4 Å². The highest BCUT2D eigenvalue weighted by molar-refractivity contribution is 5.91. The number of pyridine rings is 1. The Hall–Kier alpha value is -4.52. The number of ether oxygens (including phenoxy) is 3. The molecule has 13 heteroatoms. The molecule has 1 aromatic heterocycles. The third-order valence-electron chi connectivity index (χ3n) is 7.59. The molecule has 4 atom stereocenters. The predicted molar refractivity (Wildman–Crippen MR) is 189 cm³/mol. The summed E-state index contributed by atoms with van der Waals surface area (Å²) >= 11 is 0. The number of esters is 2. The zero-order chi connectivity index (χ0) is 37.4. The van der Waals surface area contributed by atoms with E-state index >= 15 is 0 Å². The van der Waals surface area contributed by atoms with Gasteiger partial charge in [0, 0.05) is 18.1 Å². The molecule has 2 heterocycles. The summed E-state index contributed by atoms with van der Waals surface area (Å²) in [4.78, 5) is 68.4. The van der Waals surface area contributed by atoms with Crippen LogP contribution in [-0.4, -0.2) is 75.7 Å². The molecule has 2 aromatic rings. The van der Waals surface area contributed by atoms with E-state index in [2.05, 4.69) is 21.0 Å². The van der Waals surface area contributed by atoms with Crippen LogP contribution in [0, 0.1) is 5.92 Å². The molecule has 13 nitrogen and oxygen atoms in total. The maximum absolute atomic E-state index is 13.3. The second kappa shape index (κ2) is 16.9. The minimum absolute atomic E-state index is 0.139. The molecular weight excluding hydrogens is 642 g/mol. The highest BCUT2D eigenvalue weighted by Gasteiger charge is 2.34. The lowest BCUT2D eigenvalue weighted by atomic mass is 10.0. The number of carbonyl (C=O) groups is 5. The summed E-state index contributed by atoms with van der Waals surface area (Å²) in [5, 5.41) is 7.44. The zero-order valence-corrected chi connectivity index (χ0v) is 30.9. The van der Waals surface area contributed by atoms with Gasteiger partial charge >= 0.3 is 18.0 Å². The molecule has 1 saturated heterocycles. The molecule has 0 radical (unpaired) electrons. The van der Waals surface area contributed by atoms with Crippen LogP contribution in [0.3, 0.4) is 0 Å². The summed E-state index contributed by atoms with van der Waals surface area (Å²) in [6.07, 6.45) is 5.10. The molecule has 1 fully saturated rings. The van der Waals surface area contributed by atoms with Crippen LogP contribution < -0.4 is 16.1 Å². The summed E-state index contributed by atoms with van der Waals surface area (Å²) < 4.78 is 16.4. The summed E-state index contributed by atoms with van der Waals surface area (Å²) in [6.45, 7) is 17.9. The number of aromatic nitrogens is 1. The Labute approximate surface area is 294 Å². The quantitative estimate of drug-likeness (QED) is 0.212. The van der Waals surface area contributed by atoms with Gasteiger partial charge in [0.2, 0.25) is 5.91 Å². The van der Waals surface area contributed by atoms with Crippen LogP contribution in [0.25, 0.3) is 17.0 Å². The molecular formula is C37H53N5O8. The smallest absolute Gasteiger partial charge is 0.408 e. The average Bonchev–Trinajstić information content (AvgIpc) is 3.01. The van der Waals surface area contributed by atoms with Gasteiger partial charge in [0.15, 0.2) is 0 Å². The summed E-state index contributed by atoms with van der Waals surface area (Å²) in [6, 6.07) is 4.92. The van der Waals surface area contributed by atoms with E-state index in [-0.39, 0.29) is 18.3 Å². The Morgan fingerprint density at radius 2 is 1.66 bits per heavy atom. The van der Waals surface area contributed by atoms with Crippen LogP contribution in [0.2, 0.25) is 0 Å². The van der Waals surface area contributed by atoms with Crippen molar-refractivity contribution < 1.29 is 38.2 Å². The molecule has 1 unspecified atom stereocenters. The predicted octanol–water partition coefficient (Wildman–Crippen LogP) is 5.13. The first-order valence-electron chi connectivity index (χ1n) is 17.1. The van der Waals surface area contributed by atoms with Crippen molar-refractivity contribution in [2.75, 3.05) is 6.54 Å². The van der Waals surface area contributed by atoms with Gasteiger partial charge in [-0.3, -0.25) is 29.2 Å². The van der Waals surface area contributed by atoms with Gasteiger partial charge in [-0.25, -0.2) is 10.2 Å². The minimum atomic E-state index is -0.936. The number of hydrogen-bond acceptors (Lipinski definition) is 10. The fourth-order valence-corrected chi connectivity index (χ4v) is 5.19. The minimum Gasteiger partial charge on any atom is -0.460 e. The lowest BCUT2D eigenvalue weighted by Gasteiger charge is -2.35. The molecule has 0 saturated carbocycles. The summed E-state index contributed by atoms with van der Waals surface area (Å²) in [5.41, 5.74) is 4.03. The van der Waals surface area contributed by atoms with E-state index in [9.17, 15) is 24.0 Å². The number of hydrogen-bond donors (Lipinski definition) is 3. The number of fused-ring (bicyclic) bond motifs is 1. The lowest BCUT2D eigenvalue weighted by Crippen LogP contribution is -2.61. The number of nitrogens with zero attached hydrogens (tertiary/aromatic N) is 2. The standard InChI is InChI=1S/C37H53N5O8/c1-22(2)31(40-35(47)50-37(8,9)10)32(44)39-23(3)33(45)42-18-12-14-29(41-42)34(46)48-24(4)26-16-17-28-27(20-26)19-25(21-38-28)13-11-15-30(43)49-36(5,6)7/h11,13,16-17,19-24,29,31,41H,12,14-15,18H2,1-10H3,(H,39,44)(H,40,47)/b13-11+/t23-,24+,29-,31?/m0/s1. The van der Waals surface area contributed by atoms with E-state index in [0.29, 0.717) is 19.4 Å². The number of hydrazine groups is 1. The lowest BCUT2D eigenvalue weighted by molar-refractivity contribution is -0.157. The van der Waals surface area contributed by atoms with E-state index in [4.69, 9.17) is 14.2 Å². The number of alkyl carbamates (subject to hydrolysis) is 1. The average molecular weight is 696 g/mol. The Kier molecular flexibility index (Phi) is 13.5. The van der Waals surface area contributed by atoms with Crippen LogP contribution in [0.4, 0.5) is 4.79 Å². The van der Waals surface area contributed by atoms with E-state index < -0.39 is 59.3 Å². The van der Waals surface area contributed by atoms with Crippen molar-refractivity contribution in [2.24, 2.45) is 5.92 Å². The fraction of sp³-hybridized carbons (Fsp3) is 0.568. The molecule has 1 aliphatic heterocycles. The first kappa shape index (κ1) is 39.9. The van der Waals surface area contributed by atoms with Crippen molar-refractivity contribution >= 4 is 46.8 Å². The van der Waals surface area contributed by atoms with Crippen molar-refractivity contribution in [3.8, 4) is 0 Å². The van der Waals surface area contributed by atoms with Crippen molar-refractivity contribution in [1.82, 2.24) is 26.1 Å². The third-order valence-corrected chi connectivity index (χ3v) is 7.59. The monoisotopic (exact) mass is 695 g/mol. The van der Waals surface area contributed by atoms with Crippen molar-refractivity contribution in [1.29, 1.82) is 0 Å². The number of amides is 3. The summed E-state index contributed by atoms with van der Waals surface area (Å²) in [5.74, 6) is -2.05. The second-order valence-electron chi connectivity index (χ2n) is 14.9. The molecule has 3 N–H and O–H groups in total. The van der Waals surface area contributed by atoms with Crippen LogP contribution in [0.15, 0.2) is 36.5 Å². The Morgan fingerprint density at radius 1 is 0.980 bits per heavy atom. The normalized spacial score (nSPS) is 17.2. The van der Waals surface area contributed by atoms with Gasteiger partial charge in [-0.1, -0.05) is 32.1 Å². The molecule has 50 heavy (non-hydrogen) atoms. The Bertz CT molecular complexity index is 1580. The van der Waals surface area contributed by atoms with Gasteiger partial charge < -0.3 is 24.8 Å². The van der Waals surface area contributed by atoms with E-state index in [1.54, 1.807) is 60.7 Å². The molecule has 3 amide bonds.